The second-order valence-corrected chi connectivity index (χ2v) is 27.5. The van der Waals surface area contributed by atoms with Crippen LogP contribution in [0.25, 0.3) is 33.4 Å². The number of hydrogen-bond donors (Lipinski definition) is 1. The first kappa shape index (κ1) is 59.2. The summed E-state index contributed by atoms with van der Waals surface area (Å²) >= 11 is 6.51. The van der Waals surface area contributed by atoms with Crippen LogP contribution in [0.1, 0.15) is 163 Å². The van der Waals surface area contributed by atoms with Crippen molar-refractivity contribution >= 4 is 51.2 Å². The normalized spacial score (nSPS) is 16.7. The van der Waals surface area contributed by atoms with E-state index in [2.05, 4.69) is 195 Å². The van der Waals surface area contributed by atoms with Gasteiger partial charge in [-0.05, 0) is 149 Å². The summed E-state index contributed by atoms with van der Waals surface area (Å²) in [7, 11) is 2.81. The summed E-state index contributed by atoms with van der Waals surface area (Å²) in [6, 6.07) is 22.3. The van der Waals surface area contributed by atoms with E-state index in [4.69, 9.17) is 28.3 Å². The first-order valence-corrected chi connectivity index (χ1v) is 28.7. The zero-order chi connectivity index (χ0) is 54.9. The summed E-state index contributed by atoms with van der Waals surface area (Å²) in [5, 5.41) is 19.2. The SMILES string of the molecule is COc1cscc1-c1cc(C)cc(-c2cc(C(C)(C)C)cc(C(C)(C)C)c2)c1O.COc1cscc1Br.Cc1cc(B2OC(C)(C)C(C)(C)O2)c(OC2CCCCO2)c(-c2cc(C(C)(C)C)cc(C(C)(C)C)c2)c1. The van der Waals surface area contributed by atoms with Crippen LogP contribution >= 0.6 is 38.6 Å². The number of halogens is 1. The van der Waals surface area contributed by atoms with E-state index in [9.17, 15) is 5.11 Å². The van der Waals surface area contributed by atoms with E-state index >= 15 is 0 Å². The molecule has 11 heteroatoms. The van der Waals surface area contributed by atoms with Crippen molar-refractivity contribution < 1.29 is 33.4 Å². The van der Waals surface area contributed by atoms with Gasteiger partial charge in [0.15, 0.2) is 6.29 Å². The van der Waals surface area contributed by atoms with Gasteiger partial charge in [-0.3, -0.25) is 0 Å². The minimum atomic E-state index is -0.518. The van der Waals surface area contributed by atoms with Crippen molar-refractivity contribution in [3.8, 4) is 56.4 Å². The highest BCUT2D eigenvalue weighted by molar-refractivity contribution is 9.10. The van der Waals surface area contributed by atoms with E-state index in [1.54, 1.807) is 36.9 Å². The van der Waals surface area contributed by atoms with Crippen LogP contribution in [-0.2, 0) is 35.7 Å². The lowest BCUT2D eigenvalue weighted by Crippen LogP contribution is -2.41. The predicted octanol–water partition coefficient (Wildman–Crippen LogP) is 17.7. The average Bonchev–Trinajstić information content (AvgIpc) is 4.02. The van der Waals surface area contributed by atoms with E-state index in [-0.39, 0.29) is 27.9 Å². The van der Waals surface area contributed by atoms with Gasteiger partial charge in [-0.25, -0.2) is 0 Å². The van der Waals surface area contributed by atoms with Crippen molar-refractivity contribution in [2.24, 2.45) is 0 Å². The third-order valence-corrected chi connectivity index (χ3v) is 16.7. The molecule has 0 radical (unpaired) electrons. The minimum absolute atomic E-state index is 0.0158. The van der Waals surface area contributed by atoms with Crippen molar-refractivity contribution in [3.63, 3.8) is 0 Å². The maximum Gasteiger partial charge on any atom is 0.498 e. The molecule has 1 atom stereocenters. The molecule has 8 rings (SSSR count). The Balaban J connectivity index is 0.000000213. The third-order valence-electron chi connectivity index (χ3n) is 14.3. The summed E-state index contributed by atoms with van der Waals surface area (Å²) in [6.45, 7) is 40.4. The van der Waals surface area contributed by atoms with Crippen LogP contribution in [0.3, 0.4) is 0 Å². The quantitative estimate of drug-likeness (QED) is 0.152. The molecule has 6 aromatic rings. The summed E-state index contributed by atoms with van der Waals surface area (Å²) in [4.78, 5) is 0. The van der Waals surface area contributed by atoms with Crippen LogP contribution in [0, 0.1) is 13.8 Å². The highest BCUT2D eigenvalue weighted by Gasteiger charge is 2.53. The van der Waals surface area contributed by atoms with Gasteiger partial charge in [0.2, 0.25) is 0 Å². The Morgan fingerprint density at radius 1 is 0.568 bits per heavy atom. The van der Waals surface area contributed by atoms with E-state index in [1.165, 1.54) is 22.3 Å². The average molecular weight is 1110 g/mol. The number of phenolic OH excluding ortho intramolecular Hbond substituents is 1. The molecule has 0 spiro atoms. The molecule has 2 fully saturated rings. The number of aryl methyl sites for hydroxylation is 2. The molecule has 0 aliphatic carbocycles. The summed E-state index contributed by atoms with van der Waals surface area (Å²) in [5.74, 6) is 2.82. The van der Waals surface area contributed by atoms with Gasteiger partial charge in [-0.15, -0.1) is 22.7 Å². The third kappa shape index (κ3) is 14.1. The zero-order valence-electron chi connectivity index (χ0n) is 48.2. The molecule has 400 valence electrons. The van der Waals surface area contributed by atoms with Crippen molar-refractivity contribution in [2.45, 2.75) is 183 Å². The minimum Gasteiger partial charge on any atom is -0.507 e. The van der Waals surface area contributed by atoms with Crippen molar-refractivity contribution in [1.82, 2.24) is 0 Å². The fourth-order valence-electron chi connectivity index (χ4n) is 8.79. The van der Waals surface area contributed by atoms with Crippen LogP contribution in [0.5, 0.6) is 23.0 Å². The number of aromatic hydroxyl groups is 1. The van der Waals surface area contributed by atoms with E-state index in [0.29, 0.717) is 5.75 Å². The molecule has 1 N–H and O–H groups in total. The first-order chi connectivity index (χ1) is 34.2. The smallest absolute Gasteiger partial charge is 0.498 e. The number of phenols is 1. The highest BCUT2D eigenvalue weighted by Crippen LogP contribution is 2.46. The lowest BCUT2D eigenvalue weighted by atomic mass is 9.74. The molecular formula is C63H84BBrO7S2. The van der Waals surface area contributed by atoms with E-state index in [1.807, 2.05) is 27.6 Å². The molecule has 2 aromatic heterocycles. The zero-order valence-corrected chi connectivity index (χ0v) is 51.4. The second-order valence-electron chi connectivity index (χ2n) is 25.2. The summed E-state index contributed by atoms with van der Waals surface area (Å²) in [6.07, 6.45) is 2.79. The van der Waals surface area contributed by atoms with Crippen molar-refractivity contribution in [1.29, 1.82) is 0 Å². The Bertz CT molecular complexity index is 2800. The molecule has 2 aliphatic heterocycles. The fourth-order valence-corrected chi connectivity index (χ4v) is 11.0. The Labute approximate surface area is 462 Å². The maximum absolute atomic E-state index is 11.3. The molecule has 4 aromatic carbocycles. The number of methoxy groups -OCH3 is 2. The van der Waals surface area contributed by atoms with E-state index < -0.39 is 18.3 Å². The van der Waals surface area contributed by atoms with E-state index in [0.717, 1.165) is 97.6 Å². The van der Waals surface area contributed by atoms with Gasteiger partial charge in [0.05, 0.1) is 36.5 Å². The lowest BCUT2D eigenvalue weighted by Gasteiger charge is -2.32. The first-order valence-electron chi connectivity index (χ1n) is 26.0. The molecule has 2 saturated heterocycles. The molecule has 0 amide bonds. The Morgan fingerprint density at radius 2 is 1.01 bits per heavy atom. The lowest BCUT2D eigenvalue weighted by molar-refractivity contribution is -0.105. The fraction of sp³-hybridized carbons (Fsp3) is 0.492. The second kappa shape index (κ2) is 22.9. The molecule has 0 saturated carbocycles. The molecule has 4 heterocycles. The topological polar surface area (TPSA) is 75.6 Å². The van der Waals surface area contributed by atoms with Gasteiger partial charge in [-0.1, -0.05) is 131 Å². The molecule has 7 nitrogen and oxygen atoms in total. The van der Waals surface area contributed by atoms with Crippen molar-refractivity contribution in [3.05, 3.63) is 120 Å². The Morgan fingerprint density at radius 3 is 1.45 bits per heavy atom. The number of rotatable bonds is 8. The number of hydrogen-bond acceptors (Lipinski definition) is 9. The molecular weight excluding hydrogens is 1020 g/mol. The molecule has 2 aliphatic rings. The van der Waals surface area contributed by atoms with Gasteiger partial charge in [0.25, 0.3) is 0 Å². The van der Waals surface area contributed by atoms with Gasteiger partial charge in [0, 0.05) is 55.7 Å². The largest absolute Gasteiger partial charge is 0.507 e. The standard InChI is InChI=1S/C32H47BO4.C26H32O2S.C5H5BrOS/c1-21-16-25(22-18-23(29(2,3)4)20-24(19-22)30(5,6)7)28(35-27-14-12-13-15-34-27)26(17-21)33-36-31(8,9)32(10,11)37-33;1-16-9-20(24(27)21(10-16)22-14-29-15-23(22)28-8)17-11-18(25(2,3)4)13-19(12-17)26(5,6)7;1-7-5-3-8-2-4(5)6/h16-20,27H,12-15H2,1-11H3;9-15,27H,1-8H3;2-3H,1H3. The molecule has 1 unspecified atom stereocenters. The van der Waals surface area contributed by atoms with Crippen molar-refractivity contribution in [2.75, 3.05) is 20.8 Å². The number of ether oxygens (including phenoxy) is 4. The highest BCUT2D eigenvalue weighted by atomic mass is 79.9. The number of thiophene rings is 2. The van der Waals surface area contributed by atoms with Crippen LogP contribution in [0.15, 0.2) is 86.7 Å². The van der Waals surface area contributed by atoms with Crippen LogP contribution in [0.2, 0.25) is 0 Å². The molecule has 74 heavy (non-hydrogen) atoms. The Hall–Kier alpha value is -4.10. The van der Waals surface area contributed by atoms with Gasteiger partial charge in [-0.2, -0.15) is 0 Å². The Kier molecular flexibility index (Phi) is 18.3. The monoisotopic (exact) mass is 1110 g/mol. The predicted molar refractivity (Wildman–Crippen MR) is 318 cm³/mol. The van der Waals surface area contributed by atoms with Crippen LogP contribution in [0.4, 0.5) is 0 Å². The van der Waals surface area contributed by atoms with Crippen LogP contribution in [-0.4, -0.2) is 50.5 Å². The summed E-state index contributed by atoms with van der Waals surface area (Å²) < 4.78 is 37.4. The van der Waals surface area contributed by atoms with Gasteiger partial charge < -0.3 is 33.4 Å². The number of benzene rings is 4. The summed E-state index contributed by atoms with van der Waals surface area (Å²) in [5.41, 5.74) is 13.5. The van der Waals surface area contributed by atoms with Gasteiger partial charge in [0.1, 0.15) is 23.0 Å². The van der Waals surface area contributed by atoms with Gasteiger partial charge >= 0.3 is 7.12 Å². The maximum atomic E-state index is 11.3. The molecule has 0 bridgehead atoms. The van der Waals surface area contributed by atoms with Crippen LogP contribution < -0.4 is 19.7 Å².